The van der Waals surface area contributed by atoms with Gasteiger partial charge >= 0.3 is 0 Å². The number of benzene rings is 2. The molecule has 0 heterocycles. The van der Waals surface area contributed by atoms with E-state index in [0.717, 1.165) is 5.56 Å². The molecule has 2 nitrogen and oxygen atoms in total. The number of carbonyl (C=O) groups excluding carboxylic acids is 1. The summed E-state index contributed by atoms with van der Waals surface area (Å²) in [5.41, 5.74) is 1.25. The first-order valence-electron chi connectivity index (χ1n) is 5.84. The predicted molar refractivity (Wildman–Crippen MR) is 77.2 cm³/mol. The molecule has 0 aliphatic heterocycles. The molecule has 0 atom stereocenters. The smallest absolute Gasteiger partial charge is 0.159 e. The molecule has 0 fully saturated rings. The molecule has 2 aromatic carbocycles. The molecule has 20 heavy (non-hydrogen) atoms. The van der Waals surface area contributed by atoms with Gasteiger partial charge in [0.05, 0.1) is 10.0 Å². The van der Waals surface area contributed by atoms with Crippen LogP contribution in [0.25, 0.3) is 0 Å². The molecule has 0 spiro atoms. The molecular weight excluding hydrogens is 302 g/mol. The number of ether oxygens (including phenoxy) is 1. The second-order valence-electron chi connectivity index (χ2n) is 4.24. The lowest BCUT2D eigenvalue weighted by molar-refractivity contribution is 0.101. The van der Waals surface area contributed by atoms with E-state index in [1.165, 1.54) is 19.1 Å². The van der Waals surface area contributed by atoms with Crippen LogP contribution < -0.4 is 4.74 Å². The molecular formula is C15H11Cl2FO2. The van der Waals surface area contributed by atoms with E-state index in [0.29, 0.717) is 16.3 Å². The van der Waals surface area contributed by atoms with Crippen LogP contribution in [0.15, 0.2) is 36.4 Å². The molecule has 2 rings (SSSR count). The van der Waals surface area contributed by atoms with E-state index in [1.54, 1.807) is 24.3 Å². The van der Waals surface area contributed by atoms with Crippen LogP contribution in [0.2, 0.25) is 10.0 Å². The third-order valence-corrected chi connectivity index (χ3v) is 3.30. The van der Waals surface area contributed by atoms with E-state index in [1.807, 2.05) is 0 Å². The van der Waals surface area contributed by atoms with E-state index in [9.17, 15) is 9.18 Å². The fraction of sp³-hybridized carbons (Fsp3) is 0.133. The van der Waals surface area contributed by atoms with Crippen LogP contribution in [-0.4, -0.2) is 5.78 Å². The Morgan fingerprint density at radius 3 is 2.50 bits per heavy atom. The zero-order chi connectivity index (χ0) is 14.7. The van der Waals surface area contributed by atoms with Gasteiger partial charge in [0.2, 0.25) is 0 Å². The van der Waals surface area contributed by atoms with Gasteiger partial charge in [-0.2, -0.15) is 0 Å². The Kier molecular flexibility index (Phi) is 4.63. The zero-order valence-corrected chi connectivity index (χ0v) is 12.1. The second-order valence-corrected chi connectivity index (χ2v) is 5.05. The lowest BCUT2D eigenvalue weighted by atomic mass is 10.1. The number of Topliss-reactive ketones (excluding diaryl/α,β-unsaturated/α-hetero) is 1. The molecule has 5 heteroatoms. The molecule has 0 amide bonds. The summed E-state index contributed by atoms with van der Waals surface area (Å²) >= 11 is 11.7. The fourth-order valence-corrected chi connectivity index (χ4v) is 2.07. The fourth-order valence-electron chi connectivity index (χ4n) is 1.63. The number of hydrogen-bond acceptors (Lipinski definition) is 2. The minimum absolute atomic E-state index is 0.0455. The van der Waals surface area contributed by atoms with Crippen LogP contribution in [0, 0.1) is 5.82 Å². The molecule has 104 valence electrons. The maximum atomic E-state index is 13.0. The standard InChI is InChI=1S/C15H11Cl2FO2/c1-9(19)11-3-5-15(13(17)7-11)20-8-10-2-4-14(18)12(16)6-10/h2-7H,8H2,1H3. The van der Waals surface area contributed by atoms with Crippen molar-refractivity contribution in [2.75, 3.05) is 0 Å². The van der Waals surface area contributed by atoms with Crippen molar-refractivity contribution < 1.29 is 13.9 Å². The van der Waals surface area contributed by atoms with Crippen LogP contribution in [0.3, 0.4) is 0 Å². The topological polar surface area (TPSA) is 26.3 Å². The lowest BCUT2D eigenvalue weighted by Crippen LogP contribution is -1.98. The number of hydrogen-bond donors (Lipinski definition) is 0. The van der Waals surface area contributed by atoms with Gasteiger partial charge in [-0.1, -0.05) is 29.3 Å². The van der Waals surface area contributed by atoms with Crippen molar-refractivity contribution in [2.45, 2.75) is 13.5 Å². The average molecular weight is 313 g/mol. The molecule has 0 aliphatic carbocycles. The third kappa shape index (κ3) is 3.50. The zero-order valence-electron chi connectivity index (χ0n) is 10.6. The van der Waals surface area contributed by atoms with E-state index in [4.69, 9.17) is 27.9 Å². The molecule has 0 saturated carbocycles. The van der Waals surface area contributed by atoms with Crippen LogP contribution in [0.1, 0.15) is 22.8 Å². The van der Waals surface area contributed by atoms with Crippen LogP contribution in [0.5, 0.6) is 5.75 Å². The summed E-state index contributed by atoms with van der Waals surface area (Å²) in [6, 6.07) is 9.18. The highest BCUT2D eigenvalue weighted by Crippen LogP contribution is 2.27. The van der Waals surface area contributed by atoms with Gasteiger partial charge in [0.25, 0.3) is 0 Å². The van der Waals surface area contributed by atoms with E-state index in [2.05, 4.69) is 0 Å². The Morgan fingerprint density at radius 2 is 1.90 bits per heavy atom. The summed E-state index contributed by atoms with van der Waals surface area (Å²) in [7, 11) is 0. The monoisotopic (exact) mass is 312 g/mol. The van der Waals surface area contributed by atoms with Crippen molar-refractivity contribution in [1.29, 1.82) is 0 Å². The minimum Gasteiger partial charge on any atom is -0.487 e. The summed E-state index contributed by atoms with van der Waals surface area (Å²) in [4.78, 5) is 11.2. The summed E-state index contributed by atoms with van der Waals surface area (Å²) in [6.45, 7) is 1.67. The highest BCUT2D eigenvalue weighted by atomic mass is 35.5. The van der Waals surface area contributed by atoms with Gasteiger partial charge in [-0.25, -0.2) is 4.39 Å². The van der Waals surface area contributed by atoms with Gasteiger partial charge in [-0.15, -0.1) is 0 Å². The summed E-state index contributed by atoms with van der Waals surface area (Å²) in [6.07, 6.45) is 0. The van der Waals surface area contributed by atoms with Crippen molar-refractivity contribution in [3.05, 3.63) is 63.4 Å². The highest BCUT2D eigenvalue weighted by Gasteiger charge is 2.07. The third-order valence-electron chi connectivity index (χ3n) is 2.72. The van der Waals surface area contributed by atoms with Gasteiger partial charge in [-0.3, -0.25) is 4.79 Å². The van der Waals surface area contributed by atoms with Crippen molar-refractivity contribution >= 4 is 29.0 Å². The van der Waals surface area contributed by atoms with Gasteiger partial charge in [0, 0.05) is 5.56 Å². The number of carbonyl (C=O) groups is 1. The molecule has 0 unspecified atom stereocenters. The minimum atomic E-state index is -0.473. The predicted octanol–water partition coefficient (Wildman–Crippen LogP) is 4.91. The Bertz CT molecular complexity index is 656. The molecule has 2 aromatic rings. The van der Waals surface area contributed by atoms with Crippen LogP contribution in [-0.2, 0) is 6.61 Å². The van der Waals surface area contributed by atoms with E-state index < -0.39 is 5.82 Å². The highest BCUT2D eigenvalue weighted by molar-refractivity contribution is 6.32. The first kappa shape index (κ1) is 14.8. The molecule has 0 bridgehead atoms. The maximum Gasteiger partial charge on any atom is 0.159 e. The van der Waals surface area contributed by atoms with Crippen molar-refractivity contribution in [2.24, 2.45) is 0 Å². The average Bonchev–Trinajstić information content (AvgIpc) is 2.41. The van der Waals surface area contributed by atoms with Crippen molar-refractivity contribution in [1.82, 2.24) is 0 Å². The molecule has 0 N–H and O–H groups in total. The Morgan fingerprint density at radius 1 is 1.15 bits per heavy atom. The first-order valence-corrected chi connectivity index (χ1v) is 6.60. The Labute approximate surface area is 126 Å². The quantitative estimate of drug-likeness (QED) is 0.749. The number of halogens is 3. The summed E-state index contributed by atoms with van der Waals surface area (Å²) in [5.74, 6) is -0.0832. The SMILES string of the molecule is CC(=O)c1ccc(OCc2ccc(F)c(Cl)c2)c(Cl)c1. The summed E-state index contributed by atoms with van der Waals surface area (Å²) < 4.78 is 18.5. The maximum absolute atomic E-state index is 13.0. The van der Waals surface area contributed by atoms with E-state index >= 15 is 0 Å². The largest absolute Gasteiger partial charge is 0.487 e. The van der Waals surface area contributed by atoms with Crippen molar-refractivity contribution in [3.8, 4) is 5.75 Å². The Hall–Kier alpha value is -1.58. The first-order chi connectivity index (χ1) is 9.47. The van der Waals surface area contributed by atoms with Crippen LogP contribution >= 0.6 is 23.2 Å². The molecule has 0 radical (unpaired) electrons. The van der Waals surface area contributed by atoms with Gasteiger partial charge < -0.3 is 4.74 Å². The molecule has 0 aromatic heterocycles. The molecule has 0 aliphatic rings. The molecule has 0 saturated heterocycles. The van der Waals surface area contributed by atoms with Gasteiger partial charge in [0.15, 0.2) is 5.78 Å². The normalized spacial score (nSPS) is 10.4. The Balaban J connectivity index is 2.10. The number of rotatable bonds is 4. The second kappa shape index (κ2) is 6.25. The summed E-state index contributed by atoms with van der Waals surface area (Å²) in [5, 5.41) is 0.398. The van der Waals surface area contributed by atoms with Gasteiger partial charge in [0.1, 0.15) is 18.2 Å². The van der Waals surface area contributed by atoms with Crippen LogP contribution in [0.4, 0.5) is 4.39 Å². The van der Waals surface area contributed by atoms with E-state index in [-0.39, 0.29) is 17.4 Å². The lowest BCUT2D eigenvalue weighted by Gasteiger charge is -2.09. The number of ketones is 1. The van der Waals surface area contributed by atoms with Crippen molar-refractivity contribution in [3.63, 3.8) is 0 Å². The van der Waals surface area contributed by atoms with Gasteiger partial charge in [-0.05, 0) is 42.8 Å².